The summed E-state index contributed by atoms with van der Waals surface area (Å²) in [7, 11) is 0. The molecule has 126 valence electrons. The Labute approximate surface area is 138 Å². The Morgan fingerprint density at radius 3 is 3.04 bits per heavy atom. The molecule has 0 spiro atoms. The van der Waals surface area contributed by atoms with Crippen molar-refractivity contribution in [2.75, 3.05) is 11.9 Å². The second-order valence-corrected chi connectivity index (χ2v) is 5.69. The number of aryl methyl sites for hydroxylation is 1. The molecule has 0 saturated carbocycles. The third-order valence-corrected chi connectivity index (χ3v) is 3.90. The summed E-state index contributed by atoms with van der Waals surface area (Å²) in [6.45, 7) is 2.59. The topological polar surface area (TPSA) is 114 Å². The zero-order valence-electron chi connectivity index (χ0n) is 13.3. The molecule has 0 unspecified atom stereocenters. The van der Waals surface area contributed by atoms with Crippen molar-refractivity contribution in [2.45, 2.75) is 32.2 Å². The lowest BCUT2D eigenvalue weighted by atomic mass is 10.1. The summed E-state index contributed by atoms with van der Waals surface area (Å²) >= 11 is 0. The molecule has 2 aromatic rings. The number of tetrazole rings is 1. The number of carbonyl (C=O) groups is 2. The highest BCUT2D eigenvalue weighted by atomic mass is 16.2. The molecule has 1 aromatic heterocycles. The van der Waals surface area contributed by atoms with Gasteiger partial charge in [0, 0.05) is 12.2 Å². The van der Waals surface area contributed by atoms with Gasteiger partial charge in [0.2, 0.25) is 5.91 Å². The molecule has 1 saturated heterocycles. The summed E-state index contributed by atoms with van der Waals surface area (Å²) in [5.41, 5.74) is 2.33. The van der Waals surface area contributed by atoms with E-state index in [1.165, 1.54) is 11.0 Å². The lowest BCUT2D eigenvalue weighted by molar-refractivity contribution is -0.122. The van der Waals surface area contributed by atoms with Crippen LogP contribution in [-0.4, -0.2) is 44.7 Å². The largest absolute Gasteiger partial charge is 0.354 e. The van der Waals surface area contributed by atoms with E-state index < -0.39 is 12.1 Å². The van der Waals surface area contributed by atoms with Crippen molar-refractivity contribution in [1.29, 1.82) is 0 Å². The van der Waals surface area contributed by atoms with Gasteiger partial charge in [-0.05, 0) is 54.3 Å². The molecule has 2 heterocycles. The minimum atomic E-state index is -0.503. The van der Waals surface area contributed by atoms with Gasteiger partial charge in [0.15, 0.2) is 0 Å². The maximum absolute atomic E-state index is 12.2. The minimum Gasteiger partial charge on any atom is -0.354 e. The third-order valence-electron chi connectivity index (χ3n) is 3.90. The number of anilines is 1. The predicted molar refractivity (Wildman–Crippen MR) is 86.7 cm³/mol. The van der Waals surface area contributed by atoms with E-state index in [-0.39, 0.29) is 5.91 Å². The summed E-state index contributed by atoms with van der Waals surface area (Å²) in [6, 6.07) is 4.51. The smallest absolute Gasteiger partial charge is 0.319 e. The van der Waals surface area contributed by atoms with E-state index >= 15 is 0 Å². The van der Waals surface area contributed by atoms with Crippen molar-refractivity contribution < 1.29 is 9.59 Å². The van der Waals surface area contributed by atoms with Gasteiger partial charge in [-0.2, -0.15) is 0 Å². The van der Waals surface area contributed by atoms with Gasteiger partial charge in [0.1, 0.15) is 12.4 Å². The zero-order chi connectivity index (χ0) is 16.9. The molecule has 0 radical (unpaired) electrons. The highest BCUT2D eigenvalue weighted by Crippen LogP contribution is 2.18. The molecule has 1 aliphatic heterocycles. The number of nitrogens with one attached hydrogen (secondary N) is 3. The van der Waals surface area contributed by atoms with E-state index in [9.17, 15) is 9.59 Å². The molecule has 3 amide bonds. The van der Waals surface area contributed by atoms with E-state index in [1.807, 2.05) is 13.0 Å². The Hall–Kier alpha value is -2.97. The van der Waals surface area contributed by atoms with Crippen molar-refractivity contribution in [3.63, 3.8) is 0 Å². The molecule has 3 rings (SSSR count). The van der Waals surface area contributed by atoms with Crippen LogP contribution in [0.2, 0.25) is 0 Å². The van der Waals surface area contributed by atoms with Crippen molar-refractivity contribution in [2.24, 2.45) is 0 Å². The van der Waals surface area contributed by atoms with E-state index in [2.05, 4.69) is 31.5 Å². The first-order chi connectivity index (χ1) is 11.6. The quantitative estimate of drug-likeness (QED) is 0.769. The molecule has 9 nitrogen and oxygen atoms in total. The van der Waals surface area contributed by atoms with E-state index in [1.54, 1.807) is 12.1 Å². The van der Waals surface area contributed by atoms with Gasteiger partial charge in [-0.3, -0.25) is 4.79 Å². The van der Waals surface area contributed by atoms with Gasteiger partial charge >= 0.3 is 6.03 Å². The van der Waals surface area contributed by atoms with Crippen molar-refractivity contribution in [3.05, 3.63) is 30.1 Å². The first kappa shape index (κ1) is 15.9. The van der Waals surface area contributed by atoms with Crippen LogP contribution in [0.25, 0.3) is 5.69 Å². The second kappa shape index (κ2) is 7.07. The molecule has 0 bridgehead atoms. The molecule has 1 atom stereocenters. The van der Waals surface area contributed by atoms with Crippen LogP contribution in [0.3, 0.4) is 0 Å². The fraction of sp³-hybridized carbons (Fsp3) is 0.400. The molecule has 0 aliphatic carbocycles. The Kier molecular flexibility index (Phi) is 4.69. The van der Waals surface area contributed by atoms with Crippen LogP contribution < -0.4 is 16.0 Å². The standard InChI is InChI=1S/C15H19N7O2/c1-10-5-6-11(8-13(10)22-9-17-20-21-22)18-15(24)19-12-4-2-3-7-16-14(12)23/h5-6,8-9,12H,2-4,7H2,1H3,(H,16,23)(H2,18,19,24)/t12-/m1/s1. The number of hydrogen-bond acceptors (Lipinski definition) is 5. The van der Waals surface area contributed by atoms with Crippen LogP contribution in [0, 0.1) is 6.92 Å². The summed E-state index contributed by atoms with van der Waals surface area (Å²) in [6.07, 6.45) is 3.96. The minimum absolute atomic E-state index is 0.138. The Balaban J connectivity index is 1.68. The summed E-state index contributed by atoms with van der Waals surface area (Å²) < 4.78 is 1.52. The van der Waals surface area contributed by atoms with Gasteiger partial charge in [-0.15, -0.1) is 5.10 Å². The van der Waals surface area contributed by atoms with Gasteiger partial charge in [-0.25, -0.2) is 9.48 Å². The van der Waals surface area contributed by atoms with Gasteiger partial charge in [-0.1, -0.05) is 6.07 Å². The monoisotopic (exact) mass is 329 g/mol. The number of urea groups is 1. The highest BCUT2D eigenvalue weighted by Gasteiger charge is 2.22. The Morgan fingerprint density at radius 1 is 1.38 bits per heavy atom. The average Bonchev–Trinajstić information content (AvgIpc) is 3.02. The number of nitrogens with zero attached hydrogens (tertiary/aromatic N) is 4. The molecular formula is C15H19N7O2. The molecule has 9 heteroatoms. The van der Waals surface area contributed by atoms with E-state index in [4.69, 9.17) is 0 Å². The molecule has 24 heavy (non-hydrogen) atoms. The SMILES string of the molecule is Cc1ccc(NC(=O)N[C@@H]2CCCCNC2=O)cc1-n1cnnn1. The van der Waals surface area contributed by atoms with Crippen LogP contribution in [0.1, 0.15) is 24.8 Å². The zero-order valence-corrected chi connectivity index (χ0v) is 13.3. The number of rotatable bonds is 3. The van der Waals surface area contributed by atoms with Gasteiger partial charge in [0.05, 0.1) is 5.69 Å². The van der Waals surface area contributed by atoms with E-state index in [0.717, 1.165) is 24.1 Å². The van der Waals surface area contributed by atoms with Crippen molar-refractivity contribution in [1.82, 2.24) is 30.8 Å². The highest BCUT2D eigenvalue weighted by molar-refractivity contribution is 5.94. The number of hydrogen-bond donors (Lipinski definition) is 3. The molecule has 1 aromatic carbocycles. The average molecular weight is 329 g/mol. The molecule has 1 aliphatic rings. The third kappa shape index (κ3) is 3.67. The Bertz CT molecular complexity index is 729. The lowest BCUT2D eigenvalue weighted by Gasteiger charge is -2.16. The Morgan fingerprint density at radius 2 is 2.25 bits per heavy atom. The van der Waals surface area contributed by atoms with Crippen LogP contribution >= 0.6 is 0 Å². The van der Waals surface area contributed by atoms with Crippen LogP contribution in [0.4, 0.5) is 10.5 Å². The molecule has 1 fully saturated rings. The van der Waals surface area contributed by atoms with Gasteiger partial charge < -0.3 is 16.0 Å². The number of aromatic nitrogens is 4. The first-order valence-electron chi connectivity index (χ1n) is 7.83. The maximum atomic E-state index is 12.2. The van der Waals surface area contributed by atoms with Crippen molar-refractivity contribution in [3.8, 4) is 5.69 Å². The molecule has 3 N–H and O–H groups in total. The number of amides is 3. The molecular weight excluding hydrogens is 310 g/mol. The summed E-state index contributed by atoms with van der Waals surface area (Å²) in [5, 5.41) is 19.3. The summed E-state index contributed by atoms with van der Waals surface area (Å²) in [4.78, 5) is 24.0. The summed E-state index contributed by atoms with van der Waals surface area (Å²) in [5.74, 6) is -0.138. The van der Waals surface area contributed by atoms with Crippen LogP contribution in [0.5, 0.6) is 0 Å². The number of benzene rings is 1. The normalized spacial score (nSPS) is 17.7. The second-order valence-electron chi connectivity index (χ2n) is 5.69. The van der Waals surface area contributed by atoms with Crippen LogP contribution in [-0.2, 0) is 4.79 Å². The van der Waals surface area contributed by atoms with Gasteiger partial charge in [0.25, 0.3) is 0 Å². The first-order valence-corrected chi connectivity index (χ1v) is 7.83. The van der Waals surface area contributed by atoms with Crippen molar-refractivity contribution >= 4 is 17.6 Å². The predicted octanol–water partition coefficient (Wildman–Crippen LogP) is 0.761. The van der Waals surface area contributed by atoms with E-state index in [0.29, 0.717) is 18.7 Å². The maximum Gasteiger partial charge on any atom is 0.319 e. The number of carbonyl (C=O) groups excluding carboxylic acids is 2. The lowest BCUT2D eigenvalue weighted by Crippen LogP contribution is -2.47. The van der Waals surface area contributed by atoms with Crippen LogP contribution in [0.15, 0.2) is 24.5 Å². The fourth-order valence-corrected chi connectivity index (χ4v) is 2.61. The fourth-order valence-electron chi connectivity index (χ4n) is 2.61.